The highest BCUT2D eigenvalue weighted by molar-refractivity contribution is 7.11. The first-order valence-electron chi connectivity index (χ1n) is 7.00. The second-order valence-electron chi connectivity index (χ2n) is 5.20. The Labute approximate surface area is 131 Å². The molecule has 0 radical (unpaired) electrons. The summed E-state index contributed by atoms with van der Waals surface area (Å²) in [6.45, 7) is 1.47. The van der Waals surface area contributed by atoms with Gasteiger partial charge in [-0.05, 0) is 17.7 Å². The lowest BCUT2D eigenvalue weighted by Gasteiger charge is -2.38. The SMILES string of the molecule is O=C(Cc1ccc2c(c1)OCO2)N1CC(Oc2nccs2)C1. The number of hydrogen-bond donors (Lipinski definition) is 0. The zero-order valence-electron chi connectivity index (χ0n) is 11.7. The van der Waals surface area contributed by atoms with Crippen molar-refractivity contribution >= 4 is 17.2 Å². The standard InChI is InChI=1S/C15H14N2O4S/c18-14(6-10-1-2-12-13(5-10)20-9-19-12)17-7-11(8-17)21-15-16-3-4-22-15/h1-5,11H,6-9H2. The van der Waals surface area contributed by atoms with Crippen molar-refractivity contribution in [1.82, 2.24) is 9.88 Å². The summed E-state index contributed by atoms with van der Waals surface area (Å²) >= 11 is 1.46. The van der Waals surface area contributed by atoms with Gasteiger partial charge < -0.3 is 19.1 Å². The molecular weight excluding hydrogens is 304 g/mol. The molecule has 0 spiro atoms. The fraction of sp³-hybridized carbons (Fsp3) is 0.333. The summed E-state index contributed by atoms with van der Waals surface area (Å²) in [6.07, 6.45) is 2.12. The van der Waals surface area contributed by atoms with Gasteiger partial charge in [0.15, 0.2) is 11.5 Å². The van der Waals surface area contributed by atoms with Crippen LogP contribution in [0.3, 0.4) is 0 Å². The van der Waals surface area contributed by atoms with Crippen molar-refractivity contribution in [2.45, 2.75) is 12.5 Å². The molecule has 0 N–H and O–H groups in total. The lowest BCUT2D eigenvalue weighted by atomic mass is 10.1. The highest BCUT2D eigenvalue weighted by Gasteiger charge is 2.32. The van der Waals surface area contributed by atoms with Crippen LogP contribution in [-0.2, 0) is 11.2 Å². The molecule has 2 aromatic rings. The Bertz CT molecular complexity index is 683. The van der Waals surface area contributed by atoms with Gasteiger partial charge in [0.05, 0.1) is 19.5 Å². The van der Waals surface area contributed by atoms with Gasteiger partial charge in [0, 0.05) is 11.6 Å². The molecule has 7 heteroatoms. The second-order valence-corrected chi connectivity index (χ2v) is 6.06. The first-order valence-corrected chi connectivity index (χ1v) is 7.88. The van der Waals surface area contributed by atoms with Crippen LogP contribution in [-0.4, -0.2) is 41.8 Å². The van der Waals surface area contributed by atoms with E-state index in [2.05, 4.69) is 4.98 Å². The number of hydrogen-bond acceptors (Lipinski definition) is 6. The maximum absolute atomic E-state index is 12.2. The fourth-order valence-corrected chi connectivity index (χ4v) is 3.02. The first kappa shape index (κ1) is 13.4. The van der Waals surface area contributed by atoms with E-state index in [4.69, 9.17) is 14.2 Å². The molecule has 1 aromatic carbocycles. The molecule has 114 valence electrons. The Balaban J connectivity index is 1.30. The summed E-state index contributed by atoms with van der Waals surface area (Å²) in [6, 6.07) is 5.60. The molecule has 2 aliphatic heterocycles. The number of nitrogens with zero attached hydrogens (tertiary/aromatic N) is 2. The van der Waals surface area contributed by atoms with E-state index in [9.17, 15) is 4.79 Å². The molecule has 0 bridgehead atoms. The summed E-state index contributed by atoms with van der Waals surface area (Å²) in [7, 11) is 0. The molecule has 4 rings (SSSR count). The molecule has 1 saturated heterocycles. The minimum absolute atomic E-state index is 0.0480. The van der Waals surface area contributed by atoms with Crippen LogP contribution in [0.5, 0.6) is 16.7 Å². The van der Waals surface area contributed by atoms with Crippen molar-refractivity contribution in [2.24, 2.45) is 0 Å². The number of benzene rings is 1. The average molecular weight is 318 g/mol. The van der Waals surface area contributed by atoms with Gasteiger partial charge in [-0.25, -0.2) is 4.98 Å². The Morgan fingerprint density at radius 2 is 2.23 bits per heavy atom. The number of fused-ring (bicyclic) bond motifs is 1. The molecule has 1 fully saturated rings. The molecule has 0 unspecified atom stereocenters. The summed E-state index contributed by atoms with van der Waals surface area (Å²) < 4.78 is 16.2. The minimum atomic E-state index is 0.0480. The van der Waals surface area contributed by atoms with Crippen molar-refractivity contribution < 1.29 is 19.0 Å². The van der Waals surface area contributed by atoms with Crippen LogP contribution in [0.2, 0.25) is 0 Å². The number of carbonyl (C=O) groups is 1. The molecule has 0 aliphatic carbocycles. The Morgan fingerprint density at radius 1 is 1.36 bits per heavy atom. The molecule has 3 heterocycles. The summed E-state index contributed by atoms with van der Waals surface area (Å²) in [5.41, 5.74) is 0.929. The van der Waals surface area contributed by atoms with E-state index in [1.807, 2.05) is 23.6 Å². The quantitative estimate of drug-likeness (QED) is 0.859. The van der Waals surface area contributed by atoms with Crippen LogP contribution >= 0.6 is 11.3 Å². The Morgan fingerprint density at radius 3 is 3.05 bits per heavy atom. The number of likely N-dealkylation sites (tertiary alicyclic amines) is 1. The highest BCUT2D eigenvalue weighted by Crippen LogP contribution is 2.32. The van der Waals surface area contributed by atoms with Gasteiger partial charge in [0.1, 0.15) is 6.10 Å². The van der Waals surface area contributed by atoms with E-state index in [1.54, 1.807) is 11.1 Å². The predicted octanol–water partition coefficient (Wildman–Crippen LogP) is 1.70. The van der Waals surface area contributed by atoms with Gasteiger partial charge in [-0.2, -0.15) is 0 Å². The maximum atomic E-state index is 12.2. The van der Waals surface area contributed by atoms with Gasteiger partial charge >= 0.3 is 0 Å². The Hall–Kier alpha value is -2.28. The van der Waals surface area contributed by atoms with E-state index in [-0.39, 0.29) is 18.8 Å². The third-order valence-electron chi connectivity index (χ3n) is 3.67. The van der Waals surface area contributed by atoms with Crippen LogP contribution in [0.1, 0.15) is 5.56 Å². The van der Waals surface area contributed by atoms with Crippen molar-refractivity contribution in [1.29, 1.82) is 0 Å². The van der Waals surface area contributed by atoms with Crippen LogP contribution in [0.25, 0.3) is 0 Å². The number of carbonyl (C=O) groups excluding carboxylic acids is 1. The molecule has 6 nitrogen and oxygen atoms in total. The smallest absolute Gasteiger partial charge is 0.273 e. The fourth-order valence-electron chi connectivity index (χ4n) is 2.46. The number of thiazole rings is 1. The van der Waals surface area contributed by atoms with Crippen molar-refractivity contribution in [3.05, 3.63) is 35.3 Å². The van der Waals surface area contributed by atoms with Crippen molar-refractivity contribution in [3.63, 3.8) is 0 Å². The topological polar surface area (TPSA) is 60.9 Å². The molecule has 22 heavy (non-hydrogen) atoms. The van der Waals surface area contributed by atoms with Crippen molar-refractivity contribution in [2.75, 3.05) is 19.9 Å². The number of rotatable bonds is 4. The van der Waals surface area contributed by atoms with Crippen LogP contribution in [0, 0.1) is 0 Å². The second kappa shape index (κ2) is 5.49. The van der Waals surface area contributed by atoms with E-state index < -0.39 is 0 Å². The summed E-state index contributed by atoms with van der Waals surface area (Å²) in [5.74, 6) is 1.54. The molecular formula is C15H14N2O4S. The monoisotopic (exact) mass is 318 g/mol. The maximum Gasteiger partial charge on any atom is 0.273 e. The number of aromatic nitrogens is 1. The van der Waals surface area contributed by atoms with Crippen molar-refractivity contribution in [3.8, 4) is 16.7 Å². The third kappa shape index (κ3) is 2.59. The van der Waals surface area contributed by atoms with Gasteiger partial charge in [0.2, 0.25) is 12.7 Å². The van der Waals surface area contributed by atoms with E-state index in [0.717, 1.165) is 11.3 Å². The largest absolute Gasteiger partial charge is 0.463 e. The first-order chi connectivity index (χ1) is 10.8. The average Bonchev–Trinajstić information content (AvgIpc) is 3.12. The van der Waals surface area contributed by atoms with Gasteiger partial charge in [0.25, 0.3) is 5.19 Å². The highest BCUT2D eigenvalue weighted by atomic mass is 32.1. The molecule has 2 aliphatic rings. The normalized spacial score (nSPS) is 16.5. The number of amides is 1. The van der Waals surface area contributed by atoms with Crippen LogP contribution in [0.15, 0.2) is 29.8 Å². The lowest BCUT2D eigenvalue weighted by Crippen LogP contribution is -2.56. The molecule has 1 aromatic heterocycles. The lowest BCUT2D eigenvalue weighted by molar-refractivity contribution is -0.139. The number of ether oxygens (including phenoxy) is 3. The molecule has 0 saturated carbocycles. The van der Waals surface area contributed by atoms with Gasteiger partial charge in [-0.15, -0.1) is 0 Å². The zero-order valence-corrected chi connectivity index (χ0v) is 12.5. The summed E-state index contributed by atoms with van der Waals surface area (Å²) in [4.78, 5) is 18.1. The Kier molecular flexibility index (Phi) is 3.34. The predicted molar refractivity (Wildman–Crippen MR) is 79.4 cm³/mol. The van der Waals surface area contributed by atoms with Crippen LogP contribution in [0.4, 0.5) is 0 Å². The van der Waals surface area contributed by atoms with Gasteiger partial charge in [-0.1, -0.05) is 17.4 Å². The minimum Gasteiger partial charge on any atom is -0.463 e. The van der Waals surface area contributed by atoms with E-state index in [1.165, 1.54) is 11.3 Å². The van der Waals surface area contributed by atoms with E-state index in [0.29, 0.717) is 30.5 Å². The summed E-state index contributed by atoms with van der Waals surface area (Å²) in [5, 5.41) is 2.53. The van der Waals surface area contributed by atoms with Crippen LogP contribution < -0.4 is 14.2 Å². The molecule has 1 amide bonds. The third-order valence-corrected chi connectivity index (χ3v) is 4.33. The molecule has 0 atom stereocenters. The zero-order chi connectivity index (χ0) is 14.9. The van der Waals surface area contributed by atoms with Gasteiger partial charge in [-0.3, -0.25) is 4.79 Å². The van der Waals surface area contributed by atoms with E-state index >= 15 is 0 Å².